The number of anilines is 1. The van der Waals surface area contributed by atoms with E-state index in [-0.39, 0.29) is 24.2 Å². The van der Waals surface area contributed by atoms with Gasteiger partial charge >= 0.3 is 0 Å². The first-order chi connectivity index (χ1) is 15.8. The van der Waals surface area contributed by atoms with Crippen LogP contribution in [0.25, 0.3) is 10.2 Å². The third-order valence-electron chi connectivity index (χ3n) is 6.20. The van der Waals surface area contributed by atoms with Gasteiger partial charge in [0, 0.05) is 17.6 Å². The molecule has 7 heteroatoms. The van der Waals surface area contributed by atoms with E-state index in [1.165, 1.54) is 12.1 Å². The summed E-state index contributed by atoms with van der Waals surface area (Å²) in [4.78, 5) is 30.1. The number of hydrogen-bond donors (Lipinski definition) is 1. The van der Waals surface area contributed by atoms with Gasteiger partial charge in [0.25, 0.3) is 5.91 Å². The van der Waals surface area contributed by atoms with Gasteiger partial charge in [0.15, 0.2) is 0 Å². The molecule has 2 aromatic carbocycles. The first kappa shape index (κ1) is 21.4. The second kappa shape index (κ2) is 7.85. The molecule has 0 radical (unpaired) electrons. The van der Waals surface area contributed by atoms with Gasteiger partial charge in [-0.05, 0) is 79.2 Å². The van der Waals surface area contributed by atoms with Crippen LogP contribution in [0.3, 0.4) is 0 Å². The van der Waals surface area contributed by atoms with E-state index in [2.05, 4.69) is 5.32 Å². The molecule has 0 aliphatic carbocycles. The maximum atomic E-state index is 13.8. The maximum Gasteiger partial charge on any atom is 0.275 e. The van der Waals surface area contributed by atoms with Gasteiger partial charge in [-0.25, -0.2) is 4.39 Å². The summed E-state index contributed by atoms with van der Waals surface area (Å²) in [7, 11) is 0. The fraction of sp³-hybridized carbons (Fsp3) is 0.231. The molecule has 2 amide bonds. The minimum absolute atomic E-state index is 0.200. The number of nitrogens with zero attached hydrogens (tertiary/aromatic N) is 2. The predicted molar refractivity (Wildman–Crippen MR) is 129 cm³/mol. The molecule has 0 spiro atoms. The highest BCUT2D eigenvalue weighted by Crippen LogP contribution is 2.38. The number of thiophene rings is 1. The molecule has 5 nitrogen and oxygen atoms in total. The average molecular weight is 462 g/mol. The number of aryl methyl sites for hydroxylation is 2. The van der Waals surface area contributed by atoms with Crippen molar-refractivity contribution in [1.29, 1.82) is 0 Å². The number of nitrogens with one attached hydrogen (secondary N) is 1. The largest absolute Gasteiger partial charge is 0.350 e. The van der Waals surface area contributed by atoms with Gasteiger partial charge in [0.2, 0.25) is 5.91 Å². The van der Waals surface area contributed by atoms with Crippen LogP contribution in [0, 0.1) is 19.7 Å². The Balaban J connectivity index is 1.57. The van der Waals surface area contributed by atoms with Crippen LogP contribution in [0.5, 0.6) is 0 Å². The number of benzene rings is 2. The number of aromatic nitrogens is 1. The monoisotopic (exact) mass is 461 g/mol. The summed E-state index contributed by atoms with van der Waals surface area (Å²) in [6, 6.07) is 15.8. The Hall–Kier alpha value is -3.45. The molecule has 168 valence electrons. The molecule has 0 bridgehead atoms. The lowest BCUT2D eigenvalue weighted by atomic mass is 9.93. The minimum atomic E-state index is -1.15. The normalized spacial score (nSPS) is 17.9. The molecule has 33 heavy (non-hydrogen) atoms. The summed E-state index contributed by atoms with van der Waals surface area (Å²) in [5.41, 5.74) is 2.96. The van der Waals surface area contributed by atoms with E-state index in [9.17, 15) is 14.0 Å². The molecule has 0 fully saturated rings. The number of rotatable bonds is 4. The van der Waals surface area contributed by atoms with Crippen LogP contribution < -0.4 is 10.2 Å². The Kier molecular flexibility index (Phi) is 5.09. The van der Waals surface area contributed by atoms with Gasteiger partial charge in [-0.15, -0.1) is 11.3 Å². The highest BCUT2D eigenvalue weighted by Gasteiger charge is 2.48. The highest BCUT2D eigenvalue weighted by molar-refractivity contribution is 7.16. The molecular weight excluding hydrogens is 437 g/mol. The molecule has 4 aromatic rings. The summed E-state index contributed by atoms with van der Waals surface area (Å²) in [5.74, 6) is -0.784. The molecule has 1 aliphatic rings. The third kappa shape index (κ3) is 3.62. The molecule has 5 rings (SSSR count). The number of hydrogen-bond acceptors (Lipinski definition) is 3. The van der Waals surface area contributed by atoms with Crippen LogP contribution in [0.15, 0.2) is 60.0 Å². The van der Waals surface area contributed by atoms with Gasteiger partial charge in [-0.1, -0.05) is 18.2 Å². The number of fused-ring (bicyclic) bond motifs is 3. The van der Waals surface area contributed by atoms with Crippen LogP contribution in [0.2, 0.25) is 0 Å². The summed E-state index contributed by atoms with van der Waals surface area (Å²) in [5, 5.41) is 5.97. The van der Waals surface area contributed by atoms with Crippen molar-refractivity contribution >= 4 is 39.1 Å². The molecule has 0 saturated carbocycles. The minimum Gasteiger partial charge on any atom is -0.350 e. The molecule has 1 aliphatic heterocycles. The average Bonchev–Trinajstić information content (AvgIpc) is 3.35. The number of carbonyl (C=O) groups excluding carboxylic acids is 2. The lowest BCUT2D eigenvalue weighted by Gasteiger charge is -2.44. The van der Waals surface area contributed by atoms with Crippen LogP contribution >= 0.6 is 11.3 Å². The Morgan fingerprint density at radius 3 is 2.48 bits per heavy atom. The molecule has 1 N–H and O–H groups in total. The quantitative estimate of drug-likeness (QED) is 0.455. The van der Waals surface area contributed by atoms with Crippen LogP contribution in [-0.2, 0) is 17.9 Å². The highest BCUT2D eigenvalue weighted by atomic mass is 32.1. The van der Waals surface area contributed by atoms with E-state index in [0.29, 0.717) is 17.9 Å². The zero-order valence-corrected chi connectivity index (χ0v) is 19.5. The lowest BCUT2D eigenvalue weighted by Crippen LogP contribution is -2.64. The second-order valence-corrected chi connectivity index (χ2v) is 9.76. The Labute approximate surface area is 195 Å². The van der Waals surface area contributed by atoms with E-state index in [1.807, 2.05) is 61.1 Å². The fourth-order valence-corrected chi connectivity index (χ4v) is 5.55. The van der Waals surface area contributed by atoms with Crippen molar-refractivity contribution in [1.82, 2.24) is 9.88 Å². The Morgan fingerprint density at radius 2 is 1.79 bits per heavy atom. The molecule has 0 saturated heterocycles. The Bertz CT molecular complexity index is 1370. The Morgan fingerprint density at radius 1 is 1.09 bits per heavy atom. The van der Waals surface area contributed by atoms with E-state index < -0.39 is 5.54 Å². The first-order valence-electron chi connectivity index (χ1n) is 10.8. The van der Waals surface area contributed by atoms with E-state index in [0.717, 1.165) is 26.9 Å². The molecule has 2 aromatic heterocycles. The van der Waals surface area contributed by atoms with Crippen molar-refractivity contribution in [3.8, 4) is 0 Å². The SMILES string of the molecule is Cc1cc(C)cc(N2C(=O)c3cc4ccsc4n3CC2(C)C(=O)NCc2ccc(F)cc2)c1. The predicted octanol–water partition coefficient (Wildman–Crippen LogP) is 5.19. The zero-order valence-electron chi connectivity index (χ0n) is 18.7. The summed E-state index contributed by atoms with van der Waals surface area (Å²) < 4.78 is 15.2. The summed E-state index contributed by atoms with van der Waals surface area (Å²) >= 11 is 1.56. The smallest absolute Gasteiger partial charge is 0.275 e. The van der Waals surface area contributed by atoms with Crippen molar-refractivity contribution < 1.29 is 14.0 Å². The lowest BCUT2D eigenvalue weighted by molar-refractivity contribution is -0.126. The van der Waals surface area contributed by atoms with Gasteiger partial charge in [-0.2, -0.15) is 0 Å². The molecule has 3 heterocycles. The number of amides is 2. The van der Waals surface area contributed by atoms with E-state index in [4.69, 9.17) is 0 Å². The van der Waals surface area contributed by atoms with Gasteiger partial charge in [0.05, 0.1) is 6.54 Å². The molecule has 1 atom stereocenters. The van der Waals surface area contributed by atoms with E-state index >= 15 is 0 Å². The fourth-order valence-electron chi connectivity index (χ4n) is 4.66. The topological polar surface area (TPSA) is 54.3 Å². The van der Waals surface area contributed by atoms with Gasteiger partial charge in [0.1, 0.15) is 21.9 Å². The molecule has 1 unspecified atom stereocenters. The second-order valence-electron chi connectivity index (χ2n) is 8.87. The standard InChI is InChI=1S/C26H24FN3O2S/c1-16-10-17(2)12-21(11-16)30-23(31)22-13-19-8-9-33-24(19)29(22)15-26(30,3)25(32)28-14-18-4-6-20(27)7-5-18/h4-13H,14-15H2,1-3H3,(H,28,32). The number of halogens is 1. The van der Waals surface area contributed by atoms with Crippen molar-refractivity contribution in [2.24, 2.45) is 0 Å². The third-order valence-corrected chi connectivity index (χ3v) is 7.16. The van der Waals surface area contributed by atoms with Crippen molar-refractivity contribution in [3.05, 3.63) is 88.2 Å². The first-order valence-corrected chi connectivity index (χ1v) is 11.7. The van der Waals surface area contributed by atoms with Crippen LogP contribution in [0.4, 0.5) is 10.1 Å². The number of carbonyl (C=O) groups is 2. The van der Waals surface area contributed by atoms with E-state index in [1.54, 1.807) is 28.4 Å². The molecular formula is C26H24FN3O2S. The van der Waals surface area contributed by atoms with Crippen molar-refractivity contribution in [2.75, 3.05) is 4.90 Å². The van der Waals surface area contributed by atoms with Gasteiger partial charge < -0.3 is 9.88 Å². The zero-order chi connectivity index (χ0) is 23.3. The summed E-state index contributed by atoms with van der Waals surface area (Å²) in [6.45, 7) is 6.35. The van der Waals surface area contributed by atoms with Crippen molar-refractivity contribution in [2.45, 2.75) is 39.4 Å². The van der Waals surface area contributed by atoms with Crippen molar-refractivity contribution in [3.63, 3.8) is 0 Å². The summed E-state index contributed by atoms with van der Waals surface area (Å²) in [6.07, 6.45) is 0. The van der Waals surface area contributed by atoms with Crippen LogP contribution in [-0.4, -0.2) is 21.9 Å². The van der Waals surface area contributed by atoms with Crippen LogP contribution in [0.1, 0.15) is 34.1 Å². The van der Waals surface area contributed by atoms with Gasteiger partial charge in [-0.3, -0.25) is 14.5 Å². The maximum absolute atomic E-state index is 13.8.